The molecule has 0 radical (unpaired) electrons. The summed E-state index contributed by atoms with van der Waals surface area (Å²) in [5.41, 5.74) is 2.54. The van der Waals surface area contributed by atoms with E-state index >= 15 is 0 Å². The number of carbonyl (C=O) groups excluding carboxylic acids is 1. The SMILES string of the molecule is C=C(C)C(=O)NOC. The average Bonchev–Trinajstić information content (AvgIpc) is 1.67. The highest BCUT2D eigenvalue weighted by atomic mass is 16.6. The lowest BCUT2D eigenvalue weighted by Gasteiger charge is -1.97. The van der Waals surface area contributed by atoms with Gasteiger partial charge in [-0.05, 0) is 6.92 Å². The van der Waals surface area contributed by atoms with Gasteiger partial charge in [-0.15, -0.1) is 0 Å². The molecule has 1 amide bonds. The highest BCUT2D eigenvalue weighted by Crippen LogP contribution is 1.83. The number of carbonyl (C=O) groups is 1. The molecule has 0 bridgehead atoms. The van der Waals surface area contributed by atoms with E-state index < -0.39 is 0 Å². The minimum atomic E-state index is -0.285. The highest BCUT2D eigenvalue weighted by molar-refractivity contribution is 5.91. The first-order valence-electron chi connectivity index (χ1n) is 2.17. The van der Waals surface area contributed by atoms with Crippen LogP contribution >= 0.6 is 0 Å². The van der Waals surface area contributed by atoms with Gasteiger partial charge in [0.05, 0.1) is 7.11 Å². The molecule has 0 heterocycles. The number of rotatable bonds is 2. The third-order valence-corrected chi connectivity index (χ3v) is 0.582. The summed E-state index contributed by atoms with van der Waals surface area (Å²) < 4.78 is 0. The zero-order chi connectivity index (χ0) is 6.57. The van der Waals surface area contributed by atoms with Gasteiger partial charge in [0.15, 0.2) is 0 Å². The van der Waals surface area contributed by atoms with Gasteiger partial charge in [0.2, 0.25) is 0 Å². The summed E-state index contributed by atoms with van der Waals surface area (Å²) in [4.78, 5) is 14.7. The fourth-order valence-electron chi connectivity index (χ4n) is 0.180. The van der Waals surface area contributed by atoms with Gasteiger partial charge in [0.25, 0.3) is 5.91 Å². The van der Waals surface area contributed by atoms with E-state index in [2.05, 4.69) is 16.9 Å². The topological polar surface area (TPSA) is 38.3 Å². The first-order chi connectivity index (χ1) is 3.68. The molecule has 0 aliphatic rings. The van der Waals surface area contributed by atoms with Crippen LogP contribution in [0.25, 0.3) is 0 Å². The van der Waals surface area contributed by atoms with Crippen molar-refractivity contribution in [1.29, 1.82) is 0 Å². The van der Waals surface area contributed by atoms with Crippen molar-refractivity contribution in [2.45, 2.75) is 6.92 Å². The molecule has 3 nitrogen and oxygen atoms in total. The van der Waals surface area contributed by atoms with E-state index in [1.54, 1.807) is 6.92 Å². The lowest BCUT2D eigenvalue weighted by atomic mass is 10.3. The molecule has 0 saturated carbocycles. The van der Waals surface area contributed by atoms with Gasteiger partial charge in [0, 0.05) is 5.57 Å². The second kappa shape index (κ2) is 3.21. The minimum Gasteiger partial charge on any atom is -0.277 e. The third kappa shape index (κ3) is 2.36. The number of nitrogens with one attached hydrogen (secondary N) is 1. The van der Waals surface area contributed by atoms with Gasteiger partial charge in [-0.1, -0.05) is 6.58 Å². The Kier molecular flexibility index (Phi) is 2.88. The Morgan fingerprint density at radius 2 is 2.25 bits per heavy atom. The standard InChI is InChI=1S/C5H9NO2/c1-4(2)5(7)6-8-3/h1H2,2-3H3,(H,6,7). The molecule has 0 rings (SSSR count). The maximum absolute atomic E-state index is 10.4. The zero-order valence-corrected chi connectivity index (χ0v) is 5.02. The molecule has 1 N–H and O–H groups in total. The molecule has 0 spiro atoms. The second-order valence-corrected chi connectivity index (χ2v) is 1.42. The molecule has 0 fully saturated rings. The molecule has 46 valence electrons. The van der Waals surface area contributed by atoms with Crippen LogP contribution in [0, 0.1) is 0 Å². The average molecular weight is 115 g/mol. The van der Waals surface area contributed by atoms with E-state index in [9.17, 15) is 4.79 Å². The number of hydrogen-bond acceptors (Lipinski definition) is 2. The third-order valence-electron chi connectivity index (χ3n) is 0.582. The summed E-state index contributed by atoms with van der Waals surface area (Å²) in [6.45, 7) is 4.99. The smallest absolute Gasteiger partial charge is 0.269 e. The quantitative estimate of drug-likeness (QED) is 0.413. The maximum atomic E-state index is 10.4. The largest absolute Gasteiger partial charge is 0.277 e. The molecule has 3 heteroatoms. The van der Waals surface area contributed by atoms with Crippen LogP contribution in [0.3, 0.4) is 0 Å². The Hall–Kier alpha value is -0.830. The molecular formula is C5H9NO2. The Bertz CT molecular complexity index is 109. The lowest BCUT2D eigenvalue weighted by Crippen LogP contribution is -2.21. The van der Waals surface area contributed by atoms with Gasteiger partial charge in [0.1, 0.15) is 0 Å². The first-order valence-corrected chi connectivity index (χ1v) is 2.17. The van der Waals surface area contributed by atoms with E-state index in [0.717, 1.165) is 0 Å². The van der Waals surface area contributed by atoms with Crippen molar-refractivity contribution in [3.63, 3.8) is 0 Å². The van der Waals surface area contributed by atoms with Gasteiger partial charge < -0.3 is 0 Å². The monoisotopic (exact) mass is 115 g/mol. The van der Waals surface area contributed by atoms with Gasteiger partial charge in [-0.2, -0.15) is 0 Å². The van der Waals surface area contributed by atoms with Crippen LogP contribution < -0.4 is 5.48 Å². The second-order valence-electron chi connectivity index (χ2n) is 1.42. The number of hydrogen-bond donors (Lipinski definition) is 1. The molecule has 0 aliphatic heterocycles. The van der Waals surface area contributed by atoms with Gasteiger partial charge >= 0.3 is 0 Å². The van der Waals surface area contributed by atoms with E-state index in [-0.39, 0.29) is 5.91 Å². The Morgan fingerprint density at radius 3 is 2.38 bits per heavy atom. The normalized spacial score (nSPS) is 8.25. The van der Waals surface area contributed by atoms with Crippen molar-refractivity contribution in [3.8, 4) is 0 Å². The van der Waals surface area contributed by atoms with Crippen molar-refractivity contribution in [2.24, 2.45) is 0 Å². The highest BCUT2D eigenvalue weighted by Gasteiger charge is 1.96. The summed E-state index contributed by atoms with van der Waals surface area (Å²) in [6.07, 6.45) is 0. The fourth-order valence-corrected chi connectivity index (χ4v) is 0.180. The van der Waals surface area contributed by atoms with E-state index in [4.69, 9.17) is 0 Å². The first kappa shape index (κ1) is 7.17. The zero-order valence-electron chi connectivity index (χ0n) is 5.02. The van der Waals surface area contributed by atoms with Crippen LogP contribution in [0.15, 0.2) is 12.2 Å². The predicted octanol–water partition coefficient (Wildman–Crippen LogP) is 0.240. The van der Waals surface area contributed by atoms with Crippen LogP contribution in [0.2, 0.25) is 0 Å². The van der Waals surface area contributed by atoms with Crippen molar-refractivity contribution in [1.82, 2.24) is 5.48 Å². The lowest BCUT2D eigenvalue weighted by molar-refractivity contribution is -0.127. The van der Waals surface area contributed by atoms with Gasteiger partial charge in [-0.3, -0.25) is 9.63 Å². The molecule has 0 aromatic carbocycles. The van der Waals surface area contributed by atoms with E-state index in [1.807, 2.05) is 0 Å². The molecule has 0 atom stereocenters. The summed E-state index contributed by atoms with van der Waals surface area (Å²) >= 11 is 0. The van der Waals surface area contributed by atoms with Crippen molar-refractivity contribution >= 4 is 5.91 Å². The van der Waals surface area contributed by atoms with Crippen LogP contribution in [-0.2, 0) is 9.63 Å². The summed E-state index contributed by atoms with van der Waals surface area (Å²) in [5, 5.41) is 0. The van der Waals surface area contributed by atoms with Crippen molar-refractivity contribution in [2.75, 3.05) is 7.11 Å². The summed E-state index contributed by atoms with van der Waals surface area (Å²) in [5.74, 6) is -0.285. The Balaban J connectivity index is 3.49. The minimum absolute atomic E-state index is 0.285. The van der Waals surface area contributed by atoms with Crippen LogP contribution in [-0.4, -0.2) is 13.0 Å². The van der Waals surface area contributed by atoms with Crippen LogP contribution in [0.1, 0.15) is 6.92 Å². The Morgan fingerprint density at radius 1 is 1.75 bits per heavy atom. The van der Waals surface area contributed by atoms with Crippen molar-refractivity contribution in [3.05, 3.63) is 12.2 Å². The van der Waals surface area contributed by atoms with Crippen LogP contribution in [0.4, 0.5) is 0 Å². The van der Waals surface area contributed by atoms with E-state index in [1.165, 1.54) is 7.11 Å². The van der Waals surface area contributed by atoms with Crippen molar-refractivity contribution < 1.29 is 9.63 Å². The fraction of sp³-hybridized carbons (Fsp3) is 0.400. The van der Waals surface area contributed by atoms with E-state index in [0.29, 0.717) is 5.57 Å². The molecule has 0 unspecified atom stereocenters. The predicted molar refractivity (Wildman–Crippen MR) is 30.0 cm³/mol. The summed E-state index contributed by atoms with van der Waals surface area (Å²) in [7, 11) is 1.38. The molecule has 0 aromatic rings. The molecule has 0 saturated heterocycles. The molecule has 0 aromatic heterocycles. The molecular weight excluding hydrogens is 106 g/mol. The maximum Gasteiger partial charge on any atom is 0.269 e. The number of hydroxylamine groups is 1. The molecule has 8 heavy (non-hydrogen) atoms. The Labute approximate surface area is 48.3 Å². The number of amides is 1. The summed E-state index contributed by atoms with van der Waals surface area (Å²) in [6, 6.07) is 0. The van der Waals surface area contributed by atoms with Gasteiger partial charge in [-0.25, -0.2) is 5.48 Å². The van der Waals surface area contributed by atoms with Crippen LogP contribution in [0.5, 0.6) is 0 Å². The molecule has 0 aliphatic carbocycles.